The number of thioether (sulfide) groups is 2. The van der Waals surface area contributed by atoms with Crippen molar-refractivity contribution in [2.45, 2.75) is 18.5 Å². The minimum absolute atomic E-state index is 0.119. The Hall–Kier alpha value is -0.720. The molecule has 114 valence electrons. The van der Waals surface area contributed by atoms with Crippen molar-refractivity contribution in [3.8, 4) is 0 Å². The van der Waals surface area contributed by atoms with Gasteiger partial charge in [0.15, 0.2) is 0 Å². The Morgan fingerprint density at radius 2 is 1.76 bits per heavy atom. The molecular formula is C15H19FN2OS2. The van der Waals surface area contributed by atoms with Crippen LogP contribution in [-0.2, 0) is 4.79 Å². The SMILES string of the molecule is O=C1CC(NC2CSCCSC2)CN1c1ccc(F)cc1. The molecule has 2 saturated heterocycles. The second-order valence-electron chi connectivity index (χ2n) is 5.40. The van der Waals surface area contributed by atoms with E-state index in [9.17, 15) is 9.18 Å². The molecule has 21 heavy (non-hydrogen) atoms. The molecule has 2 fully saturated rings. The summed E-state index contributed by atoms with van der Waals surface area (Å²) >= 11 is 3.97. The third-order valence-corrected chi connectivity index (χ3v) is 6.26. The smallest absolute Gasteiger partial charge is 0.228 e. The maximum atomic E-state index is 13.0. The summed E-state index contributed by atoms with van der Waals surface area (Å²) in [6.07, 6.45) is 0.531. The largest absolute Gasteiger partial charge is 0.311 e. The molecule has 1 atom stereocenters. The number of carbonyl (C=O) groups excluding carboxylic acids is 1. The number of carbonyl (C=O) groups is 1. The van der Waals surface area contributed by atoms with Crippen LogP contribution >= 0.6 is 23.5 Å². The number of hydrogen-bond acceptors (Lipinski definition) is 4. The van der Waals surface area contributed by atoms with Crippen molar-refractivity contribution >= 4 is 35.1 Å². The van der Waals surface area contributed by atoms with E-state index >= 15 is 0 Å². The molecule has 0 spiro atoms. The molecule has 0 radical (unpaired) electrons. The van der Waals surface area contributed by atoms with E-state index in [4.69, 9.17) is 0 Å². The van der Waals surface area contributed by atoms with E-state index in [0.717, 1.165) is 17.2 Å². The number of anilines is 1. The Labute approximate surface area is 133 Å². The van der Waals surface area contributed by atoms with Gasteiger partial charge in [-0.05, 0) is 24.3 Å². The van der Waals surface area contributed by atoms with Gasteiger partial charge in [0.1, 0.15) is 5.82 Å². The number of benzene rings is 1. The van der Waals surface area contributed by atoms with E-state index in [-0.39, 0.29) is 17.8 Å². The second kappa shape index (κ2) is 7.03. The zero-order valence-electron chi connectivity index (χ0n) is 11.8. The fraction of sp³-hybridized carbons (Fsp3) is 0.533. The molecular weight excluding hydrogens is 307 g/mol. The molecule has 1 N–H and O–H groups in total. The lowest BCUT2D eigenvalue weighted by molar-refractivity contribution is -0.117. The van der Waals surface area contributed by atoms with Gasteiger partial charge in [-0.3, -0.25) is 4.79 Å². The minimum Gasteiger partial charge on any atom is -0.311 e. The molecule has 1 aromatic carbocycles. The van der Waals surface area contributed by atoms with Gasteiger partial charge >= 0.3 is 0 Å². The van der Waals surface area contributed by atoms with Gasteiger partial charge < -0.3 is 10.2 Å². The quantitative estimate of drug-likeness (QED) is 0.924. The molecule has 1 unspecified atom stereocenters. The van der Waals surface area contributed by atoms with E-state index in [1.807, 2.05) is 23.5 Å². The molecule has 0 bridgehead atoms. The zero-order valence-corrected chi connectivity index (χ0v) is 13.4. The summed E-state index contributed by atoms with van der Waals surface area (Å²) in [5.41, 5.74) is 0.787. The van der Waals surface area contributed by atoms with Gasteiger partial charge in [-0.25, -0.2) is 4.39 Å². The third-order valence-electron chi connectivity index (χ3n) is 3.74. The van der Waals surface area contributed by atoms with Crippen LogP contribution in [0.15, 0.2) is 24.3 Å². The second-order valence-corrected chi connectivity index (χ2v) is 7.69. The molecule has 1 amide bonds. The van der Waals surface area contributed by atoms with Crippen LogP contribution < -0.4 is 10.2 Å². The highest BCUT2D eigenvalue weighted by atomic mass is 32.2. The van der Waals surface area contributed by atoms with E-state index in [1.54, 1.807) is 17.0 Å². The fourth-order valence-electron chi connectivity index (χ4n) is 2.74. The Morgan fingerprint density at radius 3 is 2.43 bits per heavy atom. The fourth-order valence-corrected chi connectivity index (χ4v) is 5.16. The first-order valence-corrected chi connectivity index (χ1v) is 9.51. The maximum Gasteiger partial charge on any atom is 0.228 e. The first kappa shape index (κ1) is 15.2. The van der Waals surface area contributed by atoms with Crippen LogP contribution in [0, 0.1) is 5.82 Å². The molecule has 0 aromatic heterocycles. The number of nitrogens with zero attached hydrogens (tertiary/aromatic N) is 1. The topological polar surface area (TPSA) is 32.3 Å². The van der Waals surface area contributed by atoms with Crippen LogP contribution in [0.3, 0.4) is 0 Å². The average molecular weight is 326 g/mol. The lowest BCUT2D eigenvalue weighted by Gasteiger charge is -2.21. The van der Waals surface area contributed by atoms with E-state index in [2.05, 4.69) is 5.32 Å². The Bertz CT molecular complexity index is 489. The number of halogens is 1. The van der Waals surface area contributed by atoms with Crippen molar-refractivity contribution in [2.24, 2.45) is 0 Å². The number of amides is 1. The maximum absolute atomic E-state index is 13.0. The molecule has 2 heterocycles. The molecule has 2 aliphatic rings. The van der Waals surface area contributed by atoms with Crippen LogP contribution in [0.2, 0.25) is 0 Å². The first-order chi connectivity index (χ1) is 10.2. The number of hydrogen-bond donors (Lipinski definition) is 1. The standard InChI is InChI=1S/C15H19FN2OS2/c16-11-1-3-14(4-2-11)18-8-12(7-15(18)19)17-13-9-20-5-6-21-10-13/h1-4,12-13,17H,5-10H2. The monoisotopic (exact) mass is 326 g/mol. The average Bonchev–Trinajstić information content (AvgIpc) is 2.68. The molecule has 0 saturated carbocycles. The number of nitrogens with one attached hydrogen (secondary N) is 1. The van der Waals surface area contributed by atoms with Crippen molar-refractivity contribution in [3.63, 3.8) is 0 Å². The van der Waals surface area contributed by atoms with Crippen LogP contribution in [0.5, 0.6) is 0 Å². The van der Waals surface area contributed by atoms with Crippen LogP contribution in [-0.4, -0.2) is 47.5 Å². The highest BCUT2D eigenvalue weighted by molar-refractivity contribution is 8.03. The molecule has 1 aromatic rings. The summed E-state index contributed by atoms with van der Waals surface area (Å²) in [6.45, 7) is 0.677. The highest BCUT2D eigenvalue weighted by Crippen LogP contribution is 2.23. The van der Waals surface area contributed by atoms with Gasteiger partial charge in [-0.2, -0.15) is 23.5 Å². The highest BCUT2D eigenvalue weighted by Gasteiger charge is 2.32. The molecule has 3 nitrogen and oxygen atoms in total. The minimum atomic E-state index is -0.271. The van der Waals surface area contributed by atoms with Crippen molar-refractivity contribution in [2.75, 3.05) is 34.5 Å². The van der Waals surface area contributed by atoms with Crippen molar-refractivity contribution in [3.05, 3.63) is 30.1 Å². The Kier molecular flexibility index (Phi) is 5.08. The first-order valence-electron chi connectivity index (χ1n) is 7.20. The van der Waals surface area contributed by atoms with Gasteiger partial charge in [0.2, 0.25) is 5.91 Å². The lowest BCUT2D eigenvalue weighted by atomic mass is 10.2. The van der Waals surface area contributed by atoms with Gasteiger partial charge in [-0.1, -0.05) is 0 Å². The van der Waals surface area contributed by atoms with Gasteiger partial charge in [0, 0.05) is 53.7 Å². The summed E-state index contributed by atoms with van der Waals surface area (Å²) < 4.78 is 13.0. The predicted molar refractivity (Wildman–Crippen MR) is 88.7 cm³/mol. The molecule has 6 heteroatoms. The third kappa shape index (κ3) is 3.93. The van der Waals surface area contributed by atoms with Crippen LogP contribution in [0.25, 0.3) is 0 Å². The van der Waals surface area contributed by atoms with Crippen LogP contribution in [0.4, 0.5) is 10.1 Å². The van der Waals surface area contributed by atoms with E-state index in [1.165, 1.54) is 23.6 Å². The molecule has 3 rings (SSSR count). The van der Waals surface area contributed by atoms with Gasteiger partial charge in [0.25, 0.3) is 0 Å². The van der Waals surface area contributed by atoms with Crippen LogP contribution in [0.1, 0.15) is 6.42 Å². The van der Waals surface area contributed by atoms with Gasteiger partial charge in [-0.15, -0.1) is 0 Å². The summed E-state index contributed by atoms with van der Waals surface area (Å²) in [5, 5.41) is 3.62. The Morgan fingerprint density at radius 1 is 1.10 bits per heavy atom. The van der Waals surface area contributed by atoms with Crippen molar-refractivity contribution in [1.82, 2.24) is 5.32 Å². The van der Waals surface area contributed by atoms with E-state index in [0.29, 0.717) is 19.0 Å². The summed E-state index contributed by atoms with van der Waals surface area (Å²) in [7, 11) is 0. The van der Waals surface area contributed by atoms with Gasteiger partial charge in [0.05, 0.1) is 0 Å². The number of rotatable bonds is 3. The predicted octanol–water partition coefficient (Wildman–Crippen LogP) is 2.37. The molecule has 0 aliphatic carbocycles. The summed E-state index contributed by atoms with van der Waals surface area (Å²) in [5.74, 6) is 4.52. The van der Waals surface area contributed by atoms with E-state index < -0.39 is 0 Å². The zero-order chi connectivity index (χ0) is 14.7. The van der Waals surface area contributed by atoms with Crippen molar-refractivity contribution in [1.29, 1.82) is 0 Å². The normalized spacial score (nSPS) is 24.3. The van der Waals surface area contributed by atoms with Crippen molar-refractivity contribution < 1.29 is 9.18 Å². The lowest BCUT2D eigenvalue weighted by Crippen LogP contribution is -2.42. The summed E-state index contributed by atoms with van der Waals surface area (Å²) in [6, 6.07) is 6.84. The Balaban J connectivity index is 1.60. The molecule has 2 aliphatic heterocycles. The summed E-state index contributed by atoms with van der Waals surface area (Å²) in [4.78, 5) is 13.9.